The summed E-state index contributed by atoms with van der Waals surface area (Å²) in [6.45, 7) is 9.92. The minimum Gasteiger partial charge on any atom is -0.494 e. The van der Waals surface area contributed by atoms with Crippen LogP contribution in [-0.4, -0.2) is 38.2 Å². The molecule has 1 aromatic rings. The number of benzene rings is 1. The van der Waals surface area contributed by atoms with Crippen molar-refractivity contribution < 1.29 is 4.74 Å². The predicted octanol–water partition coefficient (Wildman–Crippen LogP) is 3.54. The first-order chi connectivity index (χ1) is 10.7. The van der Waals surface area contributed by atoms with Gasteiger partial charge >= 0.3 is 0 Å². The molecule has 0 unspecified atom stereocenters. The SMILES string of the molecule is CNCC1CCN(Cc2cccc(OCCC(C)C)c2)CC1. The lowest BCUT2D eigenvalue weighted by molar-refractivity contribution is 0.176. The van der Waals surface area contributed by atoms with Gasteiger partial charge in [0, 0.05) is 6.54 Å². The van der Waals surface area contributed by atoms with Gasteiger partial charge in [-0.15, -0.1) is 0 Å². The third-order valence-corrected chi connectivity index (χ3v) is 4.47. The molecule has 0 radical (unpaired) electrons. The van der Waals surface area contributed by atoms with Gasteiger partial charge in [0.05, 0.1) is 6.61 Å². The van der Waals surface area contributed by atoms with E-state index in [0.717, 1.165) is 37.8 Å². The average Bonchev–Trinajstić information content (AvgIpc) is 2.50. The van der Waals surface area contributed by atoms with Crippen molar-refractivity contribution in [3.8, 4) is 5.75 Å². The molecule has 0 atom stereocenters. The van der Waals surface area contributed by atoms with E-state index in [2.05, 4.69) is 55.4 Å². The van der Waals surface area contributed by atoms with E-state index in [4.69, 9.17) is 4.74 Å². The molecule has 22 heavy (non-hydrogen) atoms. The van der Waals surface area contributed by atoms with Crippen LogP contribution >= 0.6 is 0 Å². The number of likely N-dealkylation sites (tertiary alicyclic amines) is 1. The number of nitrogens with zero attached hydrogens (tertiary/aromatic N) is 1. The zero-order valence-electron chi connectivity index (χ0n) is 14.5. The van der Waals surface area contributed by atoms with Crippen molar-refractivity contribution >= 4 is 0 Å². The first-order valence-electron chi connectivity index (χ1n) is 8.76. The Balaban J connectivity index is 1.78. The van der Waals surface area contributed by atoms with Gasteiger partial charge in [0.1, 0.15) is 5.75 Å². The molecule has 1 saturated heterocycles. The van der Waals surface area contributed by atoms with Gasteiger partial charge in [0.15, 0.2) is 0 Å². The van der Waals surface area contributed by atoms with Gasteiger partial charge in [-0.05, 0) is 75.5 Å². The van der Waals surface area contributed by atoms with E-state index >= 15 is 0 Å². The number of rotatable bonds is 8. The van der Waals surface area contributed by atoms with E-state index in [1.54, 1.807) is 0 Å². The van der Waals surface area contributed by atoms with Crippen molar-refractivity contribution in [2.75, 3.05) is 33.3 Å². The second-order valence-corrected chi connectivity index (χ2v) is 6.96. The van der Waals surface area contributed by atoms with Gasteiger partial charge < -0.3 is 10.1 Å². The zero-order valence-corrected chi connectivity index (χ0v) is 14.5. The summed E-state index contributed by atoms with van der Waals surface area (Å²) in [7, 11) is 2.05. The monoisotopic (exact) mass is 304 g/mol. The minimum atomic E-state index is 0.696. The normalized spacial score (nSPS) is 17.1. The van der Waals surface area contributed by atoms with Crippen molar-refractivity contribution in [2.24, 2.45) is 11.8 Å². The molecular formula is C19H32N2O. The topological polar surface area (TPSA) is 24.5 Å². The maximum atomic E-state index is 5.87. The van der Waals surface area contributed by atoms with E-state index in [9.17, 15) is 0 Å². The van der Waals surface area contributed by atoms with Crippen LogP contribution in [0.5, 0.6) is 5.75 Å². The number of nitrogens with one attached hydrogen (secondary N) is 1. The molecule has 1 aromatic carbocycles. The summed E-state index contributed by atoms with van der Waals surface area (Å²) in [5.41, 5.74) is 1.37. The minimum absolute atomic E-state index is 0.696. The number of ether oxygens (including phenoxy) is 1. The molecule has 1 heterocycles. The van der Waals surface area contributed by atoms with Crippen molar-refractivity contribution in [1.82, 2.24) is 10.2 Å². The van der Waals surface area contributed by atoms with Gasteiger partial charge in [-0.1, -0.05) is 26.0 Å². The summed E-state index contributed by atoms with van der Waals surface area (Å²) in [6.07, 6.45) is 3.74. The summed E-state index contributed by atoms with van der Waals surface area (Å²) in [5.74, 6) is 2.57. The maximum Gasteiger partial charge on any atom is 0.119 e. The fourth-order valence-electron chi connectivity index (χ4n) is 3.04. The number of piperidine rings is 1. The second-order valence-electron chi connectivity index (χ2n) is 6.96. The van der Waals surface area contributed by atoms with Crippen molar-refractivity contribution in [2.45, 2.75) is 39.7 Å². The van der Waals surface area contributed by atoms with Crippen LogP contribution in [-0.2, 0) is 6.54 Å². The largest absolute Gasteiger partial charge is 0.494 e. The van der Waals surface area contributed by atoms with Gasteiger partial charge in [-0.2, -0.15) is 0 Å². The first-order valence-corrected chi connectivity index (χ1v) is 8.76. The second kappa shape index (κ2) is 9.16. The molecule has 0 aliphatic carbocycles. The Bertz CT molecular complexity index is 425. The van der Waals surface area contributed by atoms with Gasteiger partial charge in [0.2, 0.25) is 0 Å². The summed E-state index contributed by atoms with van der Waals surface area (Å²) in [6, 6.07) is 8.62. The third kappa shape index (κ3) is 5.98. The number of hydrogen-bond donors (Lipinski definition) is 1. The molecule has 0 amide bonds. The highest BCUT2D eigenvalue weighted by molar-refractivity contribution is 5.28. The molecule has 1 aliphatic rings. The fourth-order valence-corrected chi connectivity index (χ4v) is 3.04. The molecular weight excluding hydrogens is 272 g/mol. The predicted molar refractivity (Wildman–Crippen MR) is 93.3 cm³/mol. The van der Waals surface area contributed by atoms with Gasteiger partial charge in [-0.25, -0.2) is 0 Å². The highest BCUT2D eigenvalue weighted by Crippen LogP contribution is 2.20. The van der Waals surface area contributed by atoms with Crippen LogP contribution in [0.1, 0.15) is 38.7 Å². The Morgan fingerprint density at radius 3 is 2.73 bits per heavy atom. The lowest BCUT2D eigenvalue weighted by Gasteiger charge is -2.31. The van der Waals surface area contributed by atoms with Crippen molar-refractivity contribution in [3.63, 3.8) is 0 Å². The van der Waals surface area contributed by atoms with Gasteiger partial charge in [0.25, 0.3) is 0 Å². The Hall–Kier alpha value is -1.06. The Morgan fingerprint density at radius 1 is 1.27 bits per heavy atom. The molecule has 0 bridgehead atoms. The van der Waals surface area contributed by atoms with Crippen LogP contribution < -0.4 is 10.1 Å². The van der Waals surface area contributed by atoms with E-state index in [1.165, 1.54) is 31.5 Å². The fraction of sp³-hybridized carbons (Fsp3) is 0.684. The molecule has 3 nitrogen and oxygen atoms in total. The Kier molecular flexibility index (Phi) is 7.20. The van der Waals surface area contributed by atoms with Crippen LogP contribution in [0.3, 0.4) is 0 Å². The quantitative estimate of drug-likeness (QED) is 0.795. The third-order valence-electron chi connectivity index (χ3n) is 4.47. The standard InChI is InChI=1S/C19H32N2O/c1-16(2)9-12-22-19-6-4-5-18(13-19)15-21-10-7-17(8-11-21)14-20-3/h4-6,13,16-17,20H,7-12,14-15H2,1-3H3. The molecule has 1 aliphatic heterocycles. The molecule has 124 valence electrons. The molecule has 1 fully saturated rings. The summed E-state index contributed by atoms with van der Waals surface area (Å²) in [5, 5.41) is 3.30. The average molecular weight is 304 g/mol. The molecule has 0 aromatic heterocycles. The van der Waals surface area contributed by atoms with Crippen LogP contribution in [0.4, 0.5) is 0 Å². The Morgan fingerprint density at radius 2 is 2.05 bits per heavy atom. The highest BCUT2D eigenvalue weighted by atomic mass is 16.5. The van der Waals surface area contributed by atoms with Crippen molar-refractivity contribution in [1.29, 1.82) is 0 Å². The number of hydrogen-bond acceptors (Lipinski definition) is 3. The van der Waals surface area contributed by atoms with E-state index in [1.807, 2.05) is 0 Å². The summed E-state index contributed by atoms with van der Waals surface area (Å²) >= 11 is 0. The van der Waals surface area contributed by atoms with Crippen LogP contribution in [0.25, 0.3) is 0 Å². The molecule has 3 heteroatoms. The van der Waals surface area contributed by atoms with E-state index in [0.29, 0.717) is 5.92 Å². The molecule has 0 saturated carbocycles. The van der Waals surface area contributed by atoms with Gasteiger partial charge in [-0.3, -0.25) is 4.90 Å². The molecule has 2 rings (SSSR count). The van der Waals surface area contributed by atoms with Crippen LogP contribution in [0, 0.1) is 11.8 Å². The maximum absolute atomic E-state index is 5.87. The van der Waals surface area contributed by atoms with Crippen molar-refractivity contribution in [3.05, 3.63) is 29.8 Å². The lowest BCUT2D eigenvalue weighted by atomic mass is 9.96. The van der Waals surface area contributed by atoms with E-state index in [-0.39, 0.29) is 0 Å². The summed E-state index contributed by atoms with van der Waals surface area (Å²) < 4.78 is 5.87. The summed E-state index contributed by atoms with van der Waals surface area (Å²) in [4.78, 5) is 2.57. The van der Waals surface area contributed by atoms with Crippen LogP contribution in [0.15, 0.2) is 24.3 Å². The Labute approximate surface area is 136 Å². The zero-order chi connectivity index (χ0) is 15.8. The van der Waals surface area contributed by atoms with E-state index < -0.39 is 0 Å². The first kappa shape index (κ1) is 17.3. The smallest absolute Gasteiger partial charge is 0.119 e. The molecule has 0 spiro atoms. The molecule has 1 N–H and O–H groups in total. The van der Waals surface area contributed by atoms with Crippen LogP contribution in [0.2, 0.25) is 0 Å². The lowest BCUT2D eigenvalue weighted by Crippen LogP contribution is -2.36. The highest BCUT2D eigenvalue weighted by Gasteiger charge is 2.18.